The summed E-state index contributed by atoms with van der Waals surface area (Å²) in [7, 11) is 0. The predicted molar refractivity (Wildman–Crippen MR) is 68.3 cm³/mol. The van der Waals surface area contributed by atoms with Gasteiger partial charge in [-0.05, 0) is 23.8 Å². The van der Waals surface area contributed by atoms with Gasteiger partial charge in [-0.15, -0.1) is 0 Å². The van der Waals surface area contributed by atoms with Crippen molar-refractivity contribution in [2.45, 2.75) is 13.0 Å². The monoisotopic (exact) mass is 248 g/mol. The largest absolute Gasteiger partial charge is 0.321 e. The first-order valence-corrected chi connectivity index (χ1v) is 5.66. The van der Waals surface area contributed by atoms with Crippen LogP contribution in [0.4, 0.5) is 14.5 Å². The molecule has 0 aliphatic heterocycles. The van der Waals surface area contributed by atoms with Gasteiger partial charge in [0.15, 0.2) is 0 Å². The third-order valence-corrected chi connectivity index (χ3v) is 2.50. The van der Waals surface area contributed by atoms with Crippen LogP contribution in [0.25, 0.3) is 0 Å². The Morgan fingerprint density at radius 1 is 0.944 bits per heavy atom. The van der Waals surface area contributed by atoms with Crippen LogP contribution in [0.2, 0.25) is 0 Å². The van der Waals surface area contributed by atoms with Crippen molar-refractivity contribution in [3.63, 3.8) is 0 Å². The second-order valence-corrected chi connectivity index (χ2v) is 3.89. The van der Waals surface area contributed by atoms with E-state index in [0.717, 1.165) is 11.3 Å². The van der Waals surface area contributed by atoms with E-state index in [2.05, 4.69) is 10.9 Å². The molecule has 0 saturated carbocycles. The highest BCUT2D eigenvalue weighted by atomic mass is 19.3. The number of para-hydroxylation sites is 1. The van der Waals surface area contributed by atoms with Gasteiger partial charge in [0.2, 0.25) is 0 Å². The van der Waals surface area contributed by atoms with Crippen molar-refractivity contribution in [2.24, 2.45) is 0 Å². The number of halogens is 2. The summed E-state index contributed by atoms with van der Waals surface area (Å²) in [5, 5.41) is 0. The molecule has 94 valence electrons. The smallest absolute Gasteiger partial charge is 0.263 e. The molecule has 2 aromatic rings. The SMILES string of the molecule is FC(F)c1cccc(CNNc2ccccc2)c1. The Hall–Kier alpha value is -1.94. The molecule has 18 heavy (non-hydrogen) atoms. The van der Waals surface area contributed by atoms with Crippen LogP contribution in [-0.4, -0.2) is 0 Å². The van der Waals surface area contributed by atoms with Crippen LogP contribution in [0.5, 0.6) is 0 Å². The molecule has 2 N–H and O–H groups in total. The lowest BCUT2D eigenvalue weighted by atomic mass is 10.1. The summed E-state index contributed by atoms with van der Waals surface area (Å²) in [6, 6.07) is 16.0. The van der Waals surface area contributed by atoms with Crippen molar-refractivity contribution in [3.05, 3.63) is 65.7 Å². The van der Waals surface area contributed by atoms with Crippen molar-refractivity contribution in [2.75, 3.05) is 5.43 Å². The van der Waals surface area contributed by atoms with Crippen LogP contribution in [0, 0.1) is 0 Å². The molecule has 0 radical (unpaired) electrons. The second-order valence-electron chi connectivity index (χ2n) is 3.89. The Morgan fingerprint density at radius 2 is 1.72 bits per heavy atom. The number of benzene rings is 2. The van der Waals surface area contributed by atoms with E-state index in [-0.39, 0.29) is 5.56 Å². The number of alkyl halides is 2. The lowest BCUT2D eigenvalue weighted by Crippen LogP contribution is -2.20. The predicted octanol–water partition coefficient (Wildman–Crippen LogP) is 3.74. The molecule has 0 aromatic heterocycles. The van der Waals surface area contributed by atoms with E-state index in [1.165, 1.54) is 12.1 Å². The zero-order chi connectivity index (χ0) is 12.8. The molecular formula is C14H14F2N2. The molecule has 0 amide bonds. The first-order chi connectivity index (χ1) is 8.75. The van der Waals surface area contributed by atoms with Gasteiger partial charge in [0.25, 0.3) is 6.43 Å². The van der Waals surface area contributed by atoms with Crippen LogP contribution in [-0.2, 0) is 6.54 Å². The number of anilines is 1. The van der Waals surface area contributed by atoms with E-state index < -0.39 is 6.43 Å². The van der Waals surface area contributed by atoms with Gasteiger partial charge in [0.1, 0.15) is 0 Å². The van der Waals surface area contributed by atoms with E-state index in [0.29, 0.717) is 6.54 Å². The number of nitrogens with one attached hydrogen (secondary N) is 2. The van der Waals surface area contributed by atoms with Gasteiger partial charge < -0.3 is 5.43 Å². The maximum atomic E-state index is 12.5. The first kappa shape index (κ1) is 12.5. The fourth-order valence-corrected chi connectivity index (χ4v) is 1.61. The molecule has 4 heteroatoms. The van der Waals surface area contributed by atoms with Crippen molar-refractivity contribution < 1.29 is 8.78 Å². The highest BCUT2D eigenvalue weighted by molar-refractivity contribution is 5.41. The van der Waals surface area contributed by atoms with E-state index >= 15 is 0 Å². The molecule has 0 unspecified atom stereocenters. The third kappa shape index (κ3) is 3.53. The normalized spacial score (nSPS) is 10.6. The molecule has 0 bridgehead atoms. The number of rotatable bonds is 5. The average molecular weight is 248 g/mol. The molecule has 0 atom stereocenters. The maximum Gasteiger partial charge on any atom is 0.263 e. The summed E-state index contributed by atoms with van der Waals surface area (Å²) in [6.07, 6.45) is -2.42. The minimum absolute atomic E-state index is 0.0500. The van der Waals surface area contributed by atoms with E-state index in [1.807, 2.05) is 36.4 Å². The van der Waals surface area contributed by atoms with Crippen LogP contribution in [0.1, 0.15) is 17.6 Å². The highest BCUT2D eigenvalue weighted by Gasteiger charge is 2.06. The summed E-state index contributed by atoms with van der Waals surface area (Å²) in [4.78, 5) is 0. The van der Waals surface area contributed by atoms with Crippen molar-refractivity contribution in [3.8, 4) is 0 Å². The lowest BCUT2D eigenvalue weighted by Gasteiger charge is -2.09. The van der Waals surface area contributed by atoms with E-state index in [4.69, 9.17) is 0 Å². The summed E-state index contributed by atoms with van der Waals surface area (Å²) < 4.78 is 25.0. The second kappa shape index (κ2) is 6.12. The molecule has 0 spiro atoms. The third-order valence-electron chi connectivity index (χ3n) is 2.50. The molecule has 2 aromatic carbocycles. The summed E-state index contributed by atoms with van der Waals surface area (Å²) in [5.74, 6) is 0. The molecule has 2 nitrogen and oxygen atoms in total. The maximum absolute atomic E-state index is 12.5. The minimum Gasteiger partial charge on any atom is -0.321 e. The quantitative estimate of drug-likeness (QED) is 0.788. The Kier molecular flexibility index (Phi) is 4.25. The molecule has 0 fully saturated rings. The summed E-state index contributed by atoms with van der Waals surface area (Å²) >= 11 is 0. The Bertz CT molecular complexity index is 486. The molecule has 0 aliphatic carbocycles. The number of hydrogen-bond acceptors (Lipinski definition) is 2. The zero-order valence-corrected chi connectivity index (χ0v) is 9.74. The molecule has 2 rings (SSSR count). The zero-order valence-electron chi connectivity index (χ0n) is 9.74. The molecular weight excluding hydrogens is 234 g/mol. The van der Waals surface area contributed by atoms with Crippen LogP contribution in [0.3, 0.4) is 0 Å². The van der Waals surface area contributed by atoms with Gasteiger partial charge in [-0.25, -0.2) is 14.2 Å². The van der Waals surface area contributed by atoms with Gasteiger partial charge >= 0.3 is 0 Å². The topological polar surface area (TPSA) is 24.1 Å². The fraction of sp³-hybridized carbons (Fsp3) is 0.143. The van der Waals surface area contributed by atoms with Crippen molar-refractivity contribution >= 4 is 5.69 Å². The Morgan fingerprint density at radius 3 is 2.44 bits per heavy atom. The lowest BCUT2D eigenvalue weighted by molar-refractivity contribution is 0.151. The van der Waals surface area contributed by atoms with Crippen molar-refractivity contribution in [1.29, 1.82) is 0 Å². The highest BCUT2D eigenvalue weighted by Crippen LogP contribution is 2.19. The van der Waals surface area contributed by atoms with Gasteiger partial charge in [-0.3, -0.25) is 0 Å². The fourth-order valence-electron chi connectivity index (χ4n) is 1.61. The Balaban J connectivity index is 1.89. The summed E-state index contributed by atoms with van der Waals surface area (Å²) in [5.41, 5.74) is 7.79. The van der Waals surface area contributed by atoms with Crippen LogP contribution >= 0.6 is 0 Å². The van der Waals surface area contributed by atoms with E-state index in [9.17, 15) is 8.78 Å². The van der Waals surface area contributed by atoms with Crippen LogP contribution < -0.4 is 10.9 Å². The first-order valence-electron chi connectivity index (χ1n) is 5.66. The molecule has 0 aliphatic rings. The minimum atomic E-state index is -2.42. The van der Waals surface area contributed by atoms with Crippen LogP contribution in [0.15, 0.2) is 54.6 Å². The number of hydrogen-bond donors (Lipinski definition) is 2. The van der Waals surface area contributed by atoms with Gasteiger partial charge in [-0.1, -0.05) is 36.4 Å². The summed E-state index contributed by atoms with van der Waals surface area (Å²) in [6.45, 7) is 0.482. The van der Waals surface area contributed by atoms with Gasteiger partial charge in [0.05, 0.1) is 0 Å². The Labute approximate surface area is 105 Å². The van der Waals surface area contributed by atoms with Gasteiger partial charge in [0, 0.05) is 17.8 Å². The average Bonchev–Trinajstić information content (AvgIpc) is 2.40. The van der Waals surface area contributed by atoms with E-state index in [1.54, 1.807) is 6.07 Å². The van der Waals surface area contributed by atoms with Gasteiger partial charge in [-0.2, -0.15) is 0 Å². The standard InChI is InChI=1S/C14H14F2N2/c15-14(16)12-6-4-5-11(9-12)10-17-18-13-7-2-1-3-8-13/h1-9,14,17-18H,10H2. The molecule has 0 saturated heterocycles. The number of hydrazine groups is 1. The van der Waals surface area contributed by atoms with Crippen molar-refractivity contribution in [1.82, 2.24) is 5.43 Å². The molecule has 0 heterocycles.